The number of aliphatic hydroxyl groups is 1. The number of rotatable bonds is 12. The Morgan fingerprint density at radius 1 is 0.870 bits per heavy atom. The van der Waals surface area contributed by atoms with Crippen LogP contribution in [-0.4, -0.2) is 125 Å². The van der Waals surface area contributed by atoms with E-state index in [4.69, 9.17) is 25.2 Å². The molecule has 0 radical (unpaired) electrons. The van der Waals surface area contributed by atoms with Crippen LogP contribution >= 0.6 is 0 Å². The summed E-state index contributed by atoms with van der Waals surface area (Å²) in [5.74, 6) is -4.10. The van der Waals surface area contributed by atoms with E-state index in [-0.39, 0.29) is 11.8 Å². The zero-order valence-corrected chi connectivity index (χ0v) is 26.3. The van der Waals surface area contributed by atoms with Gasteiger partial charge in [-0.2, -0.15) is 0 Å². The summed E-state index contributed by atoms with van der Waals surface area (Å²) in [6.45, 7) is 6.92. The van der Waals surface area contributed by atoms with Crippen molar-refractivity contribution in [1.29, 1.82) is 0 Å². The Kier molecular flexibility index (Phi) is 12.5. The highest BCUT2D eigenvalue weighted by Gasteiger charge is 2.41. The molecule has 1 unspecified atom stereocenters. The smallest absolute Gasteiger partial charge is 0.336 e. The van der Waals surface area contributed by atoms with E-state index in [2.05, 4.69) is 15.9 Å². The number of ether oxygens (including phenoxy) is 1. The highest BCUT2D eigenvalue weighted by atomic mass is 16.5. The number of benzene rings is 2. The van der Waals surface area contributed by atoms with Gasteiger partial charge < -0.3 is 35.0 Å². The minimum Gasteiger partial charge on any atom is -0.492 e. The topological polar surface area (TPSA) is 188 Å². The third-order valence-corrected chi connectivity index (χ3v) is 7.78. The number of carboxylic acids is 3. The molecule has 2 heterocycles. The van der Waals surface area contributed by atoms with Crippen LogP contribution in [0.15, 0.2) is 48.5 Å². The van der Waals surface area contributed by atoms with Gasteiger partial charge in [0.05, 0.1) is 25.1 Å². The number of aliphatic carboxylic acids is 3. The van der Waals surface area contributed by atoms with Crippen LogP contribution in [-0.2, 0) is 30.4 Å². The first-order chi connectivity index (χ1) is 21.8. The normalized spacial score (nSPS) is 16.1. The number of hydrogen-bond acceptors (Lipinski definition) is 9. The number of para-hydroxylation sites is 3. The molecule has 0 saturated carbocycles. The van der Waals surface area contributed by atoms with Crippen molar-refractivity contribution in [3.8, 4) is 5.75 Å². The van der Waals surface area contributed by atoms with E-state index in [9.17, 15) is 24.0 Å². The molecule has 2 aromatic rings. The molecule has 14 heteroatoms. The van der Waals surface area contributed by atoms with Crippen molar-refractivity contribution in [2.45, 2.75) is 44.2 Å². The van der Waals surface area contributed by atoms with Gasteiger partial charge in [0.25, 0.3) is 0 Å². The first-order valence-electron chi connectivity index (χ1n) is 15.0. The lowest BCUT2D eigenvalue weighted by atomic mass is 9.96. The minimum atomic E-state index is -2.74. The van der Waals surface area contributed by atoms with E-state index in [1.807, 2.05) is 49.4 Å². The number of nitrogens with zero attached hydrogens (tertiary/aromatic N) is 4. The Morgan fingerprint density at radius 2 is 1.43 bits per heavy atom. The molecule has 2 aliphatic rings. The monoisotopic (exact) mass is 642 g/mol. The van der Waals surface area contributed by atoms with Crippen LogP contribution in [0.25, 0.3) is 0 Å². The van der Waals surface area contributed by atoms with Crippen LogP contribution in [0.4, 0.5) is 11.4 Å². The summed E-state index contributed by atoms with van der Waals surface area (Å²) in [6, 6.07) is 15.6. The van der Waals surface area contributed by atoms with Crippen molar-refractivity contribution >= 4 is 41.1 Å². The molecule has 4 rings (SSSR count). The molecule has 2 amide bonds. The van der Waals surface area contributed by atoms with Gasteiger partial charge in [0.15, 0.2) is 5.60 Å². The fourth-order valence-corrected chi connectivity index (χ4v) is 5.49. The van der Waals surface area contributed by atoms with Crippen molar-refractivity contribution in [3.05, 3.63) is 54.1 Å². The maximum atomic E-state index is 13.3. The van der Waals surface area contributed by atoms with Crippen LogP contribution in [0.2, 0.25) is 0 Å². The lowest BCUT2D eigenvalue weighted by Crippen LogP contribution is -2.50. The van der Waals surface area contributed by atoms with Crippen molar-refractivity contribution < 1.29 is 49.1 Å². The van der Waals surface area contributed by atoms with E-state index in [0.717, 1.165) is 48.9 Å². The predicted molar refractivity (Wildman–Crippen MR) is 168 cm³/mol. The van der Waals surface area contributed by atoms with Gasteiger partial charge in [0, 0.05) is 65.3 Å². The van der Waals surface area contributed by atoms with E-state index < -0.39 is 42.4 Å². The lowest BCUT2D eigenvalue weighted by molar-refractivity contribution is -0.170. The van der Waals surface area contributed by atoms with E-state index in [1.165, 1.54) is 0 Å². The molecule has 250 valence electrons. The predicted octanol–water partition coefficient (Wildman–Crippen LogP) is 1.40. The molecular formula is C32H42N4O10. The molecule has 1 atom stereocenters. The maximum Gasteiger partial charge on any atom is 0.336 e. The number of anilines is 2. The van der Waals surface area contributed by atoms with Gasteiger partial charge in [0.2, 0.25) is 11.8 Å². The Morgan fingerprint density at radius 3 is 1.98 bits per heavy atom. The highest BCUT2D eigenvalue weighted by Crippen LogP contribution is 2.33. The molecule has 0 aliphatic carbocycles. The molecule has 1 saturated heterocycles. The first kappa shape index (κ1) is 35.8. The zero-order valence-electron chi connectivity index (χ0n) is 26.3. The van der Waals surface area contributed by atoms with Gasteiger partial charge in [-0.1, -0.05) is 30.3 Å². The number of amides is 2. The molecular weight excluding hydrogens is 600 g/mol. The molecule has 14 nitrogen and oxygen atoms in total. The Bertz CT molecular complexity index is 1390. The van der Waals surface area contributed by atoms with Gasteiger partial charge in [-0.05, 0) is 30.7 Å². The van der Waals surface area contributed by atoms with Gasteiger partial charge in [-0.15, -0.1) is 0 Å². The summed E-state index contributed by atoms with van der Waals surface area (Å²) in [5.41, 5.74) is 0.332. The second-order valence-electron chi connectivity index (χ2n) is 11.3. The SMILES string of the molecule is CCOc1ccccc1N1CCN(CCC(=O)N2c3ccccc3CC2C(=O)N(C)C)CC1.O=C(O)CC(O)(CC(=O)O)C(=O)O. The van der Waals surface area contributed by atoms with E-state index in [1.54, 1.807) is 23.9 Å². The van der Waals surface area contributed by atoms with E-state index in [0.29, 0.717) is 26.0 Å². The third-order valence-electron chi connectivity index (χ3n) is 7.78. The minimum absolute atomic E-state index is 0.0178. The average Bonchev–Trinajstić information content (AvgIpc) is 3.39. The number of carboxylic acid groups (broad SMARTS) is 3. The summed E-state index contributed by atoms with van der Waals surface area (Å²) in [4.78, 5) is 64.6. The van der Waals surface area contributed by atoms with Crippen molar-refractivity contribution in [2.75, 3.05) is 63.2 Å². The molecule has 2 aromatic carbocycles. The number of carbonyl (C=O) groups is 5. The summed E-state index contributed by atoms with van der Waals surface area (Å²) in [5, 5.41) is 33.8. The molecule has 1 fully saturated rings. The third kappa shape index (κ3) is 9.17. The summed E-state index contributed by atoms with van der Waals surface area (Å²) in [7, 11) is 3.49. The Labute approximate surface area is 267 Å². The molecule has 2 aliphatic heterocycles. The quantitative estimate of drug-likeness (QED) is 0.261. The number of hydrogen-bond donors (Lipinski definition) is 4. The summed E-state index contributed by atoms with van der Waals surface area (Å²) < 4.78 is 5.79. The number of fused-ring (bicyclic) bond motifs is 1. The van der Waals surface area contributed by atoms with Crippen molar-refractivity contribution in [2.24, 2.45) is 0 Å². The van der Waals surface area contributed by atoms with Gasteiger partial charge >= 0.3 is 17.9 Å². The molecule has 0 aromatic heterocycles. The van der Waals surface area contributed by atoms with E-state index >= 15 is 0 Å². The van der Waals surface area contributed by atoms with Crippen LogP contribution in [0, 0.1) is 0 Å². The lowest BCUT2D eigenvalue weighted by Gasteiger charge is -2.37. The fourth-order valence-electron chi connectivity index (χ4n) is 5.49. The molecule has 0 bridgehead atoms. The second kappa shape index (κ2) is 16.0. The van der Waals surface area contributed by atoms with Crippen molar-refractivity contribution in [3.63, 3.8) is 0 Å². The van der Waals surface area contributed by atoms with Crippen molar-refractivity contribution in [1.82, 2.24) is 9.80 Å². The summed E-state index contributed by atoms with van der Waals surface area (Å²) >= 11 is 0. The van der Waals surface area contributed by atoms with Crippen LogP contribution in [0.1, 0.15) is 31.7 Å². The highest BCUT2D eigenvalue weighted by molar-refractivity contribution is 6.03. The molecule has 0 spiro atoms. The van der Waals surface area contributed by atoms with Gasteiger partial charge in [-0.25, -0.2) is 4.79 Å². The molecule has 4 N–H and O–H groups in total. The molecule has 46 heavy (non-hydrogen) atoms. The largest absolute Gasteiger partial charge is 0.492 e. The van der Waals surface area contributed by atoms with Crippen LogP contribution in [0.5, 0.6) is 5.75 Å². The van der Waals surface area contributed by atoms with Gasteiger partial charge in [-0.3, -0.25) is 29.0 Å². The average molecular weight is 643 g/mol. The van der Waals surface area contributed by atoms with Crippen LogP contribution < -0.4 is 14.5 Å². The Balaban J connectivity index is 0.000000376. The Hall–Kier alpha value is -4.69. The first-order valence-corrected chi connectivity index (χ1v) is 15.0. The zero-order chi connectivity index (χ0) is 34.0. The second-order valence-corrected chi connectivity index (χ2v) is 11.3. The fraction of sp³-hybridized carbons (Fsp3) is 0.469. The number of carbonyl (C=O) groups excluding carboxylic acids is 2. The number of likely N-dealkylation sites (N-methyl/N-ethyl adjacent to an activating group) is 1. The summed E-state index contributed by atoms with van der Waals surface area (Å²) in [6.07, 6.45) is -1.30. The van der Waals surface area contributed by atoms with Gasteiger partial charge in [0.1, 0.15) is 11.8 Å². The number of piperazine rings is 1. The standard InChI is InChI=1S/C26H34N4O3.C6H8O7/c1-4-33-24-12-8-7-11-22(24)29-17-15-28(16-18-29)14-13-25(31)30-21-10-6-5-9-20(21)19-23(30)26(32)27(2)3;7-3(8)1-6(13,5(11)12)2-4(9)10/h5-12,23H,4,13-19H2,1-3H3;13H,1-2H2,(H,7,8)(H,9,10)(H,11,12). The maximum absolute atomic E-state index is 13.3. The van der Waals surface area contributed by atoms with Crippen LogP contribution in [0.3, 0.4) is 0 Å².